The molecule has 0 bridgehead atoms. The van der Waals surface area contributed by atoms with E-state index in [1.807, 2.05) is 29.6 Å². The summed E-state index contributed by atoms with van der Waals surface area (Å²) in [5, 5.41) is 9.16. The molecule has 0 atom stereocenters. The number of ether oxygens (including phenoxy) is 3. The van der Waals surface area contributed by atoms with Gasteiger partial charge in [0.2, 0.25) is 17.5 Å². The van der Waals surface area contributed by atoms with Crippen LogP contribution >= 0.6 is 11.3 Å². The second-order valence-electron chi connectivity index (χ2n) is 4.76. The highest BCUT2D eigenvalue weighted by Crippen LogP contribution is 2.40. The molecule has 2 heterocycles. The summed E-state index contributed by atoms with van der Waals surface area (Å²) in [5.74, 6) is 2.77. The molecule has 0 spiro atoms. The summed E-state index contributed by atoms with van der Waals surface area (Å²) >= 11 is 1.57. The Morgan fingerprint density at radius 3 is 2.46 bits per heavy atom. The van der Waals surface area contributed by atoms with E-state index < -0.39 is 0 Å². The molecule has 24 heavy (non-hydrogen) atoms. The van der Waals surface area contributed by atoms with Gasteiger partial charge in [-0.2, -0.15) is 4.98 Å². The van der Waals surface area contributed by atoms with Crippen molar-refractivity contribution in [3.05, 3.63) is 35.5 Å². The summed E-state index contributed by atoms with van der Waals surface area (Å²) in [4.78, 5) is 5.34. The van der Waals surface area contributed by atoms with Gasteiger partial charge in [0.1, 0.15) is 0 Å². The van der Waals surface area contributed by atoms with Crippen LogP contribution in [0.2, 0.25) is 0 Å². The first-order valence-corrected chi connectivity index (χ1v) is 8.03. The molecule has 126 valence electrons. The molecule has 3 aromatic rings. The van der Waals surface area contributed by atoms with Crippen LogP contribution in [0.1, 0.15) is 5.89 Å². The molecule has 2 aromatic heterocycles. The standard InChI is InChI=1S/C16H17N3O4S/c1-20-11-7-10(8-12(21-2)15(11)22-3)17-9-14-18-16(19-23-14)13-5-4-6-24-13/h4-8,17H,9H2,1-3H3. The van der Waals surface area contributed by atoms with E-state index in [0.29, 0.717) is 35.5 Å². The van der Waals surface area contributed by atoms with Crippen molar-refractivity contribution in [1.82, 2.24) is 10.1 Å². The largest absolute Gasteiger partial charge is 0.493 e. The fourth-order valence-electron chi connectivity index (χ4n) is 2.19. The molecule has 7 nitrogen and oxygen atoms in total. The minimum absolute atomic E-state index is 0.386. The Morgan fingerprint density at radius 2 is 1.88 bits per heavy atom. The van der Waals surface area contributed by atoms with E-state index >= 15 is 0 Å². The van der Waals surface area contributed by atoms with Crippen LogP contribution in [-0.2, 0) is 6.54 Å². The van der Waals surface area contributed by atoms with Crippen molar-refractivity contribution >= 4 is 17.0 Å². The second kappa shape index (κ2) is 7.22. The first-order valence-electron chi connectivity index (χ1n) is 7.15. The van der Waals surface area contributed by atoms with E-state index in [4.69, 9.17) is 18.7 Å². The van der Waals surface area contributed by atoms with Gasteiger partial charge in [0.25, 0.3) is 0 Å². The number of rotatable bonds is 7. The zero-order chi connectivity index (χ0) is 16.9. The zero-order valence-corrected chi connectivity index (χ0v) is 14.3. The molecule has 0 amide bonds. The molecule has 1 aromatic carbocycles. The molecule has 0 aliphatic rings. The van der Waals surface area contributed by atoms with Gasteiger partial charge in [0.15, 0.2) is 11.5 Å². The first kappa shape index (κ1) is 16.1. The lowest BCUT2D eigenvalue weighted by Gasteiger charge is -2.14. The van der Waals surface area contributed by atoms with Gasteiger partial charge in [-0.05, 0) is 11.4 Å². The van der Waals surface area contributed by atoms with Gasteiger partial charge in [0, 0.05) is 17.8 Å². The van der Waals surface area contributed by atoms with Crippen molar-refractivity contribution in [2.24, 2.45) is 0 Å². The number of thiophene rings is 1. The number of nitrogens with zero attached hydrogens (tertiary/aromatic N) is 2. The maximum atomic E-state index is 5.33. The Hall–Kier alpha value is -2.74. The first-order chi connectivity index (χ1) is 11.7. The van der Waals surface area contributed by atoms with Crippen LogP contribution in [-0.4, -0.2) is 31.5 Å². The molecule has 0 aliphatic heterocycles. The Labute approximate surface area is 143 Å². The summed E-state index contributed by atoms with van der Waals surface area (Å²) in [7, 11) is 4.72. The predicted molar refractivity (Wildman–Crippen MR) is 91.0 cm³/mol. The van der Waals surface area contributed by atoms with Crippen molar-refractivity contribution in [3.63, 3.8) is 0 Å². The number of aromatic nitrogens is 2. The van der Waals surface area contributed by atoms with Crippen LogP contribution < -0.4 is 19.5 Å². The van der Waals surface area contributed by atoms with E-state index in [-0.39, 0.29) is 0 Å². The van der Waals surface area contributed by atoms with Crippen LogP contribution in [0.5, 0.6) is 17.2 Å². The van der Waals surface area contributed by atoms with Gasteiger partial charge in [-0.15, -0.1) is 11.3 Å². The van der Waals surface area contributed by atoms with Gasteiger partial charge < -0.3 is 24.1 Å². The van der Waals surface area contributed by atoms with Crippen LogP contribution in [0, 0.1) is 0 Å². The Bertz CT molecular complexity index is 777. The molecule has 3 rings (SSSR count). The molecule has 8 heteroatoms. The summed E-state index contributed by atoms with van der Waals surface area (Å²) in [6.07, 6.45) is 0. The van der Waals surface area contributed by atoms with E-state index in [1.165, 1.54) is 0 Å². The maximum absolute atomic E-state index is 5.33. The summed E-state index contributed by atoms with van der Waals surface area (Å²) in [5.41, 5.74) is 0.792. The quantitative estimate of drug-likeness (QED) is 0.701. The average Bonchev–Trinajstić information content (AvgIpc) is 3.29. The smallest absolute Gasteiger partial charge is 0.246 e. The Morgan fingerprint density at radius 1 is 1.12 bits per heavy atom. The SMILES string of the molecule is COc1cc(NCc2nc(-c3cccs3)no2)cc(OC)c1OC. The molecule has 0 aliphatic carbocycles. The number of benzene rings is 1. The predicted octanol–water partition coefficient (Wildman–Crippen LogP) is 3.44. The molecule has 0 fully saturated rings. The van der Waals surface area contributed by atoms with Crippen molar-refractivity contribution < 1.29 is 18.7 Å². The molecule has 1 N–H and O–H groups in total. The highest BCUT2D eigenvalue weighted by atomic mass is 32.1. The molecule has 0 unspecified atom stereocenters. The van der Waals surface area contributed by atoms with Crippen molar-refractivity contribution in [2.75, 3.05) is 26.6 Å². The number of anilines is 1. The van der Waals surface area contributed by atoms with E-state index in [9.17, 15) is 0 Å². The van der Waals surface area contributed by atoms with Gasteiger partial charge in [-0.3, -0.25) is 0 Å². The minimum atomic E-state index is 0.386. The van der Waals surface area contributed by atoms with Gasteiger partial charge in [0.05, 0.1) is 32.8 Å². The molecular formula is C16H17N3O4S. The fourth-order valence-corrected chi connectivity index (χ4v) is 2.84. The van der Waals surface area contributed by atoms with Crippen molar-refractivity contribution in [3.8, 4) is 28.0 Å². The van der Waals surface area contributed by atoms with E-state index in [1.54, 1.807) is 32.7 Å². The van der Waals surface area contributed by atoms with Gasteiger partial charge >= 0.3 is 0 Å². The summed E-state index contributed by atoms with van der Waals surface area (Å²) < 4.78 is 21.2. The topological polar surface area (TPSA) is 78.6 Å². The summed E-state index contributed by atoms with van der Waals surface area (Å²) in [6, 6.07) is 7.53. The Balaban J connectivity index is 1.75. The highest BCUT2D eigenvalue weighted by Gasteiger charge is 2.14. The molecule has 0 saturated heterocycles. The number of nitrogens with one attached hydrogen (secondary N) is 1. The van der Waals surface area contributed by atoms with Crippen LogP contribution in [0.25, 0.3) is 10.7 Å². The lowest BCUT2D eigenvalue weighted by Crippen LogP contribution is -2.02. The fraction of sp³-hybridized carbons (Fsp3) is 0.250. The van der Waals surface area contributed by atoms with Gasteiger partial charge in [-0.1, -0.05) is 11.2 Å². The lowest BCUT2D eigenvalue weighted by atomic mass is 10.2. The Kier molecular flexibility index (Phi) is 4.85. The van der Waals surface area contributed by atoms with Crippen molar-refractivity contribution in [1.29, 1.82) is 0 Å². The minimum Gasteiger partial charge on any atom is -0.493 e. The van der Waals surface area contributed by atoms with Crippen molar-refractivity contribution in [2.45, 2.75) is 6.54 Å². The normalized spacial score (nSPS) is 10.5. The molecule has 0 saturated carbocycles. The monoisotopic (exact) mass is 347 g/mol. The maximum Gasteiger partial charge on any atom is 0.246 e. The number of hydrogen-bond acceptors (Lipinski definition) is 8. The average molecular weight is 347 g/mol. The highest BCUT2D eigenvalue weighted by molar-refractivity contribution is 7.13. The van der Waals surface area contributed by atoms with Crippen LogP contribution in [0.3, 0.4) is 0 Å². The lowest BCUT2D eigenvalue weighted by molar-refractivity contribution is 0.324. The number of hydrogen-bond donors (Lipinski definition) is 1. The second-order valence-corrected chi connectivity index (χ2v) is 5.70. The van der Waals surface area contributed by atoms with E-state index in [0.717, 1.165) is 10.6 Å². The van der Waals surface area contributed by atoms with Crippen LogP contribution in [0.15, 0.2) is 34.2 Å². The number of methoxy groups -OCH3 is 3. The third-order valence-electron chi connectivity index (χ3n) is 3.32. The third kappa shape index (κ3) is 3.28. The van der Waals surface area contributed by atoms with E-state index in [2.05, 4.69) is 15.5 Å². The molecule has 0 radical (unpaired) electrons. The summed E-state index contributed by atoms with van der Waals surface area (Å²) in [6.45, 7) is 0.386. The van der Waals surface area contributed by atoms with Crippen LogP contribution in [0.4, 0.5) is 5.69 Å². The zero-order valence-electron chi connectivity index (χ0n) is 13.5. The van der Waals surface area contributed by atoms with Gasteiger partial charge in [-0.25, -0.2) is 0 Å². The molecular weight excluding hydrogens is 330 g/mol. The third-order valence-corrected chi connectivity index (χ3v) is 4.18.